The minimum atomic E-state index is -4.88. The zero-order chi connectivity index (χ0) is 16.4. The van der Waals surface area contributed by atoms with Crippen LogP contribution in [0.5, 0.6) is 0 Å². The van der Waals surface area contributed by atoms with Crippen LogP contribution in [0.15, 0.2) is 26.6 Å². The van der Waals surface area contributed by atoms with Gasteiger partial charge in [0.15, 0.2) is 11.6 Å². The van der Waals surface area contributed by atoms with Gasteiger partial charge in [-0.3, -0.25) is 10.1 Å². The van der Waals surface area contributed by atoms with Gasteiger partial charge in [-0.2, -0.15) is 18.2 Å². The number of halogens is 4. The fraction of sp³-hybridized carbons (Fsp3) is 0.111. The van der Waals surface area contributed by atoms with Crippen molar-refractivity contribution < 1.29 is 18.1 Å². The van der Waals surface area contributed by atoms with Crippen LogP contribution in [-0.2, 0) is 6.18 Å². The van der Waals surface area contributed by atoms with Crippen molar-refractivity contribution in [1.29, 1.82) is 0 Å². The van der Waals surface area contributed by atoms with E-state index >= 15 is 0 Å². The Morgan fingerprint density at radius 1 is 1.29 bits per heavy atom. The lowest BCUT2D eigenvalue weighted by atomic mass is 10.1. The number of guanidine groups is 2. The van der Waals surface area contributed by atoms with E-state index in [2.05, 4.69) is 25.9 Å². The quantitative estimate of drug-likeness (QED) is 0.314. The minimum Gasteiger partial charge on any atom is -0.370 e. The van der Waals surface area contributed by atoms with Gasteiger partial charge in [0.25, 0.3) is 5.69 Å². The van der Waals surface area contributed by atoms with Crippen LogP contribution in [0.4, 0.5) is 24.5 Å². The second-order valence-corrected chi connectivity index (χ2v) is 4.50. The van der Waals surface area contributed by atoms with Gasteiger partial charge in [0, 0.05) is 10.5 Å². The highest BCUT2D eigenvalue weighted by Crippen LogP contribution is 2.43. The molecule has 21 heavy (non-hydrogen) atoms. The molecule has 6 N–H and O–H groups in total. The van der Waals surface area contributed by atoms with E-state index in [1.807, 2.05) is 0 Å². The Kier molecular flexibility index (Phi) is 4.73. The molecule has 0 spiro atoms. The van der Waals surface area contributed by atoms with Gasteiger partial charge < -0.3 is 17.2 Å². The third-order valence-corrected chi connectivity index (χ3v) is 2.48. The molecular weight excluding hydrogens is 361 g/mol. The third kappa shape index (κ3) is 4.30. The van der Waals surface area contributed by atoms with Crippen molar-refractivity contribution in [3.63, 3.8) is 0 Å². The predicted octanol–water partition coefficient (Wildman–Crippen LogP) is 1.60. The average molecular weight is 369 g/mol. The third-order valence-electron chi connectivity index (χ3n) is 2.03. The van der Waals surface area contributed by atoms with E-state index in [-0.39, 0.29) is 4.47 Å². The molecule has 12 heteroatoms. The Hall–Kier alpha value is -2.37. The monoisotopic (exact) mass is 368 g/mol. The van der Waals surface area contributed by atoms with Gasteiger partial charge in [-0.05, 0) is 6.07 Å². The second-order valence-electron chi connectivity index (χ2n) is 3.58. The lowest BCUT2D eigenvalue weighted by Gasteiger charge is -2.11. The Morgan fingerprint density at radius 3 is 2.29 bits per heavy atom. The Labute approximate surface area is 123 Å². The molecular formula is C9H8BrF3N6O2. The summed E-state index contributed by atoms with van der Waals surface area (Å²) in [4.78, 5) is 16.4. The number of hydrogen-bond donors (Lipinski definition) is 3. The van der Waals surface area contributed by atoms with Crippen molar-refractivity contribution in [2.45, 2.75) is 6.18 Å². The van der Waals surface area contributed by atoms with Crippen LogP contribution < -0.4 is 17.2 Å². The summed E-state index contributed by atoms with van der Waals surface area (Å²) in [6.45, 7) is 0. The van der Waals surface area contributed by atoms with Crippen molar-refractivity contribution in [2.75, 3.05) is 0 Å². The number of nitro groups is 1. The molecule has 0 bridgehead atoms. The van der Waals surface area contributed by atoms with Gasteiger partial charge in [-0.25, -0.2) is 4.99 Å². The number of alkyl halides is 3. The molecule has 0 atom stereocenters. The summed E-state index contributed by atoms with van der Waals surface area (Å²) >= 11 is 2.76. The van der Waals surface area contributed by atoms with Gasteiger partial charge in [-0.15, -0.1) is 0 Å². The number of aliphatic imine (C=N–C) groups is 2. The fourth-order valence-corrected chi connectivity index (χ4v) is 1.78. The molecule has 8 nitrogen and oxygen atoms in total. The Morgan fingerprint density at radius 2 is 1.86 bits per heavy atom. The summed E-state index contributed by atoms with van der Waals surface area (Å²) in [5.41, 5.74) is 12.0. The van der Waals surface area contributed by atoms with Crippen molar-refractivity contribution in [3.05, 3.63) is 32.3 Å². The van der Waals surface area contributed by atoms with E-state index in [1.54, 1.807) is 0 Å². The molecule has 1 aromatic carbocycles. The molecule has 0 aliphatic rings. The summed E-state index contributed by atoms with van der Waals surface area (Å²) in [5.74, 6) is -1.30. The first-order chi connectivity index (χ1) is 9.52. The molecule has 114 valence electrons. The van der Waals surface area contributed by atoms with Crippen LogP contribution in [0.2, 0.25) is 0 Å². The van der Waals surface area contributed by atoms with Gasteiger partial charge in [-0.1, -0.05) is 15.9 Å². The van der Waals surface area contributed by atoms with Crippen LogP contribution in [-0.4, -0.2) is 16.8 Å². The topological polar surface area (TPSA) is 146 Å². The lowest BCUT2D eigenvalue weighted by molar-refractivity contribution is -0.384. The van der Waals surface area contributed by atoms with Gasteiger partial charge in [0.1, 0.15) is 0 Å². The fourth-order valence-electron chi connectivity index (χ4n) is 1.33. The van der Waals surface area contributed by atoms with E-state index in [0.29, 0.717) is 6.07 Å². The summed E-state index contributed by atoms with van der Waals surface area (Å²) in [5, 5.41) is 10.9. The maximum Gasteiger partial charge on any atom is 0.418 e. The molecule has 0 radical (unpaired) electrons. The SMILES string of the molecule is NC(N)=NC(N)=Nc1c([N+](=O)[O-])cc(Br)cc1C(F)(F)F. The van der Waals surface area contributed by atoms with Gasteiger partial charge >= 0.3 is 6.18 Å². The first-order valence-corrected chi connectivity index (χ1v) is 5.80. The molecule has 1 aromatic rings. The molecule has 0 aliphatic heterocycles. The van der Waals surface area contributed by atoms with Crippen LogP contribution in [0.25, 0.3) is 0 Å². The number of nitro benzene ring substituents is 1. The molecule has 0 saturated carbocycles. The normalized spacial score (nSPS) is 12.1. The maximum absolute atomic E-state index is 12.9. The van der Waals surface area contributed by atoms with E-state index < -0.39 is 40.0 Å². The largest absolute Gasteiger partial charge is 0.418 e. The zero-order valence-corrected chi connectivity index (χ0v) is 11.6. The van der Waals surface area contributed by atoms with Crippen LogP contribution in [0.1, 0.15) is 5.56 Å². The van der Waals surface area contributed by atoms with Crippen LogP contribution in [0.3, 0.4) is 0 Å². The number of rotatable bonds is 2. The van der Waals surface area contributed by atoms with E-state index in [0.717, 1.165) is 6.07 Å². The highest BCUT2D eigenvalue weighted by Gasteiger charge is 2.37. The van der Waals surface area contributed by atoms with Crippen molar-refractivity contribution >= 4 is 39.2 Å². The average Bonchev–Trinajstić information content (AvgIpc) is 2.28. The number of hydrogen-bond acceptors (Lipinski definition) is 3. The van der Waals surface area contributed by atoms with Crippen molar-refractivity contribution in [3.8, 4) is 0 Å². The van der Waals surface area contributed by atoms with Crippen LogP contribution >= 0.6 is 15.9 Å². The van der Waals surface area contributed by atoms with Gasteiger partial charge in [0.05, 0.1) is 10.5 Å². The Balaban J connectivity index is 3.67. The lowest BCUT2D eigenvalue weighted by Crippen LogP contribution is -2.26. The summed E-state index contributed by atoms with van der Waals surface area (Å²) in [7, 11) is 0. The maximum atomic E-state index is 12.9. The number of benzene rings is 1. The molecule has 0 aromatic heterocycles. The van der Waals surface area contributed by atoms with E-state index in [4.69, 9.17) is 17.2 Å². The summed E-state index contributed by atoms with van der Waals surface area (Å²) in [6.07, 6.45) is -4.88. The number of nitrogens with zero attached hydrogens (tertiary/aromatic N) is 3. The smallest absolute Gasteiger partial charge is 0.370 e. The molecule has 0 fully saturated rings. The molecule has 1 rings (SSSR count). The molecule has 0 amide bonds. The van der Waals surface area contributed by atoms with Crippen LogP contribution in [0, 0.1) is 10.1 Å². The highest BCUT2D eigenvalue weighted by molar-refractivity contribution is 9.10. The second kappa shape index (κ2) is 5.95. The van der Waals surface area contributed by atoms with Crippen molar-refractivity contribution in [1.82, 2.24) is 0 Å². The zero-order valence-electron chi connectivity index (χ0n) is 10.1. The van der Waals surface area contributed by atoms with E-state index in [9.17, 15) is 23.3 Å². The molecule has 0 aliphatic carbocycles. The highest BCUT2D eigenvalue weighted by atomic mass is 79.9. The molecule has 0 saturated heterocycles. The number of nitrogens with two attached hydrogens (primary N) is 3. The standard InChI is InChI=1S/C9H8BrF3N6O2/c10-3-1-4(9(11,12)13)6(5(2-3)19(20)21)17-8(16)18-7(14)15/h1-2H,(H6,14,15,16,17,18). The summed E-state index contributed by atoms with van der Waals surface area (Å²) in [6, 6.07) is 1.49. The minimum absolute atomic E-state index is 0.138. The van der Waals surface area contributed by atoms with Crippen molar-refractivity contribution in [2.24, 2.45) is 27.2 Å². The van der Waals surface area contributed by atoms with Gasteiger partial charge in [0.2, 0.25) is 5.96 Å². The molecule has 0 heterocycles. The first kappa shape index (κ1) is 16.7. The summed E-state index contributed by atoms with van der Waals surface area (Å²) < 4.78 is 38.7. The Bertz CT molecular complexity index is 639. The predicted molar refractivity (Wildman–Crippen MR) is 72.9 cm³/mol. The molecule has 0 unspecified atom stereocenters. The van der Waals surface area contributed by atoms with E-state index in [1.165, 1.54) is 0 Å². The first-order valence-electron chi connectivity index (χ1n) is 5.01.